The minimum Gasteiger partial charge on any atom is -0.448 e. The average Bonchev–Trinajstić information content (AvgIpc) is 2.14. The maximum absolute atomic E-state index is 12.3. The van der Waals surface area contributed by atoms with E-state index in [1.54, 1.807) is 4.90 Å². The van der Waals surface area contributed by atoms with E-state index in [-0.39, 0.29) is 57.4 Å². The van der Waals surface area contributed by atoms with Crippen LogP contribution in [0.5, 0.6) is 0 Å². The van der Waals surface area contributed by atoms with Crippen LogP contribution in [0, 0.1) is 0 Å². The molecule has 0 saturated heterocycles. The summed E-state index contributed by atoms with van der Waals surface area (Å²) in [6, 6.07) is 0.178. The molecule has 0 bridgehead atoms. The van der Waals surface area contributed by atoms with Crippen molar-refractivity contribution in [3.05, 3.63) is 0 Å². The van der Waals surface area contributed by atoms with Crippen molar-refractivity contribution in [3.63, 3.8) is 0 Å². The summed E-state index contributed by atoms with van der Waals surface area (Å²) in [5.41, 5.74) is 0. The van der Waals surface area contributed by atoms with E-state index < -0.39 is 13.4 Å². The van der Waals surface area contributed by atoms with Gasteiger partial charge in [-0.3, -0.25) is 0 Å². The quantitative estimate of drug-likeness (QED) is 0.634. The van der Waals surface area contributed by atoms with Crippen molar-refractivity contribution in [1.29, 1.82) is 0 Å². The van der Waals surface area contributed by atoms with Crippen LogP contribution in [0.2, 0.25) is 0 Å². The number of rotatable bonds is 4. The van der Waals surface area contributed by atoms with Crippen LogP contribution >= 0.6 is 0 Å². The van der Waals surface area contributed by atoms with Crippen LogP contribution in [0.3, 0.4) is 0 Å². The zero-order valence-corrected chi connectivity index (χ0v) is 12.8. The van der Waals surface area contributed by atoms with Gasteiger partial charge in [0.25, 0.3) is 0 Å². The van der Waals surface area contributed by atoms with Crippen molar-refractivity contribution < 1.29 is 64.3 Å². The van der Waals surface area contributed by atoms with Gasteiger partial charge in [-0.05, 0) is 25.8 Å². The maximum Gasteiger partial charge on any atom is 1.00 e. The molecule has 15 heavy (non-hydrogen) atoms. The minimum atomic E-state index is -4.66. The van der Waals surface area contributed by atoms with Gasteiger partial charge in [-0.2, -0.15) is 0 Å². The fourth-order valence-corrected chi connectivity index (χ4v) is 2.25. The van der Waals surface area contributed by atoms with E-state index in [1.165, 1.54) is 6.42 Å². The monoisotopic (exact) mass is 247 g/mol. The number of hydrogen-bond donors (Lipinski definition) is 0. The van der Waals surface area contributed by atoms with Gasteiger partial charge >= 0.3 is 58.4 Å². The third kappa shape index (κ3) is 6.68. The Hall–Kier alpha value is 1.45. The van der Waals surface area contributed by atoms with Crippen molar-refractivity contribution in [2.75, 3.05) is 13.0 Å². The summed E-state index contributed by atoms with van der Waals surface area (Å²) in [5, 5.41) is 0. The van der Waals surface area contributed by atoms with E-state index in [4.69, 9.17) is 0 Å². The Morgan fingerprint density at radius 3 is 2.07 bits per heavy atom. The molecule has 0 spiro atoms. The zero-order valence-electron chi connectivity index (χ0n) is 9.69. The summed E-state index contributed by atoms with van der Waals surface area (Å²) in [7, 11) is 0. The normalized spacial score (nSPS) is 19.0. The van der Waals surface area contributed by atoms with Crippen LogP contribution in [0.4, 0.5) is 12.9 Å². The summed E-state index contributed by atoms with van der Waals surface area (Å²) in [6.07, 6.45) is 4.57. The standard InChI is InChI=1S/C9H18BF3N.K/c1-2-14(8-10(11,12)13)9-6-4-3-5-7-9;/h9H,2-8H2,1H3;/q-1;+1. The number of hydrogen-bond acceptors (Lipinski definition) is 1. The minimum absolute atomic E-state index is 0. The van der Waals surface area contributed by atoms with Crippen molar-refractivity contribution in [1.82, 2.24) is 4.90 Å². The fourth-order valence-electron chi connectivity index (χ4n) is 2.25. The molecule has 0 aromatic carbocycles. The second-order valence-corrected chi connectivity index (χ2v) is 4.09. The molecule has 1 fully saturated rings. The molecule has 0 amide bonds. The van der Waals surface area contributed by atoms with Gasteiger partial charge in [-0.1, -0.05) is 26.2 Å². The van der Waals surface area contributed by atoms with Crippen molar-refractivity contribution in [3.8, 4) is 0 Å². The largest absolute Gasteiger partial charge is 1.00 e. The van der Waals surface area contributed by atoms with Crippen molar-refractivity contribution in [2.24, 2.45) is 0 Å². The molecule has 1 aliphatic carbocycles. The Labute approximate surface area is 133 Å². The van der Waals surface area contributed by atoms with Gasteiger partial charge in [0, 0.05) is 6.04 Å². The van der Waals surface area contributed by atoms with Crippen LogP contribution in [-0.2, 0) is 0 Å². The predicted octanol–water partition coefficient (Wildman–Crippen LogP) is 0.0316. The van der Waals surface area contributed by atoms with Gasteiger partial charge in [-0.25, -0.2) is 0 Å². The molecular formula is C9H18BF3KN. The van der Waals surface area contributed by atoms with Crippen LogP contribution < -0.4 is 51.4 Å². The number of nitrogens with zero attached hydrogens (tertiary/aromatic N) is 1. The van der Waals surface area contributed by atoms with E-state index >= 15 is 0 Å². The van der Waals surface area contributed by atoms with E-state index in [9.17, 15) is 12.9 Å². The van der Waals surface area contributed by atoms with E-state index in [1.807, 2.05) is 6.92 Å². The van der Waals surface area contributed by atoms with Gasteiger partial charge in [0.05, 0.1) is 0 Å². The van der Waals surface area contributed by atoms with Crippen LogP contribution in [0.1, 0.15) is 39.0 Å². The molecule has 0 unspecified atom stereocenters. The van der Waals surface area contributed by atoms with Crippen LogP contribution in [0.25, 0.3) is 0 Å². The van der Waals surface area contributed by atoms with Gasteiger partial charge in [-0.15, -0.1) is 0 Å². The molecule has 0 atom stereocenters. The Morgan fingerprint density at radius 2 is 1.67 bits per heavy atom. The Bertz CT molecular complexity index is 171. The molecule has 0 heterocycles. The molecule has 1 aliphatic rings. The summed E-state index contributed by atoms with van der Waals surface area (Å²) in [6.45, 7) is -2.32. The summed E-state index contributed by atoms with van der Waals surface area (Å²) in [5.74, 6) is 0. The molecular weight excluding hydrogens is 229 g/mol. The number of halogens is 3. The predicted molar refractivity (Wildman–Crippen MR) is 53.2 cm³/mol. The molecule has 0 N–H and O–H groups in total. The summed E-state index contributed by atoms with van der Waals surface area (Å²) in [4.78, 5) is 1.60. The molecule has 6 heteroatoms. The second kappa shape index (κ2) is 7.72. The van der Waals surface area contributed by atoms with Crippen LogP contribution in [-0.4, -0.2) is 30.9 Å². The van der Waals surface area contributed by atoms with E-state index in [0.29, 0.717) is 6.54 Å². The molecule has 0 aromatic rings. The molecule has 84 valence electrons. The van der Waals surface area contributed by atoms with E-state index in [2.05, 4.69) is 0 Å². The molecule has 0 radical (unpaired) electrons. The maximum atomic E-state index is 12.3. The first-order chi connectivity index (χ1) is 6.53. The van der Waals surface area contributed by atoms with E-state index in [0.717, 1.165) is 25.7 Å². The third-order valence-corrected chi connectivity index (χ3v) is 2.94. The first-order valence-corrected chi connectivity index (χ1v) is 5.48. The van der Waals surface area contributed by atoms with Gasteiger partial charge in [0.15, 0.2) is 0 Å². The molecule has 0 aromatic heterocycles. The Kier molecular flexibility index (Phi) is 8.46. The SMILES string of the molecule is CCN(C[B-](F)(F)F)C1CCCCC1.[K+]. The summed E-state index contributed by atoms with van der Waals surface area (Å²) < 4.78 is 36.8. The third-order valence-electron chi connectivity index (χ3n) is 2.94. The van der Waals surface area contributed by atoms with Gasteiger partial charge < -0.3 is 17.8 Å². The second-order valence-electron chi connectivity index (χ2n) is 4.09. The molecule has 1 rings (SSSR count). The molecule has 1 saturated carbocycles. The fraction of sp³-hybridized carbons (Fsp3) is 1.00. The summed E-state index contributed by atoms with van der Waals surface area (Å²) >= 11 is 0. The zero-order chi connectivity index (χ0) is 10.6. The first-order valence-electron chi connectivity index (χ1n) is 5.48. The topological polar surface area (TPSA) is 3.24 Å². The Balaban J connectivity index is 0.00000196. The molecule has 0 aliphatic heterocycles. The van der Waals surface area contributed by atoms with Crippen LogP contribution in [0.15, 0.2) is 0 Å². The van der Waals surface area contributed by atoms with Crippen molar-refractivity contribution >= 4 is 6.98 Å². The average molecular weight is 247 g/mol. The molecule has 1 nitrogen and oxygen atoms in total. The van der Waals surface area contributed by atoms with Gasteiger partial charge in [0.2, 0.25) is 0 Å². The smallest absolute Gasteiger partial charge is 0.448 e. The van der Waals surface area contributed by atoms with Gasteiger partial charge in [0.1, 0.15) is 0 Å². The van der Waals surface area contributed by atoms with Crippen molar-refractivity contribution in [2.45, 2.75) is 45.1 Å². The Morgan fingerprint density at radius 1 is 1.13 bits per heavy atom. The first kappa shape index (κ1) is 16.5.